The largest absolute Gasteiger partial charge is 0.480 e. The molecule has 1 unspecified atom stereocenters. The van der Waals surface area contributed by atoms with Gasteiger partial charge in [0.25, 0.3) is 5.91 Å². The molecule has 4 nitrogen and oxygen atoms in total. The summed E-state index contributed by atoms with van der Waals surface area (Å²) in [5.41, 5.74) is 1.23. The predicted octanol–water partition coefficient (Wildman–Crippen LogP) is 2.49. The van der Waals surface area contributed by atoms with Crippen LogP contribution in [0.1, 0.15) is 29.8 Å². The number of amides is 1. The van der Waals surface area contributed by atoms with Gasteiger partial charge in [0, 0.05) is 0 Å². The lowest BCUT2D eigenvalue weighted by Gasteiger charge is -2.18. The molecule has 1 atom stereocenters. The molecular weight excluding hydrogens is 254 g/mol. The summed E-state index contributed by atoms with van der Waals surface area (Å²) in [5, 5.41) is 11.8. The van der Waals surface area contributed by atoms with Crippen LogP contribution in [-0.2, 0) is 4.79 Å². The molecule has 0 aliphatic rings. The lowest BCUT2D eigenvalue weighted by molar-refractivity contribution is -0.140. The molecule has 5 heteroatoms. The van der Waals surface area contributed by atoms with Crippen LogP contribution in [0.3, 0.4) is 0 Å². The number of hydrogen-bond donors (Lipinski definition) is 2. The van der Waals surface area contributed by atoms with Crippen molar-refractivity contribution in [2.45, 2.75) is 26.8 Å². The van der Waals surface area contributed by atoms with Crippen LogP contribution in [0.15, 0.2) is 18.2 Å². The van der Waals surface area contributed by atoms with Crippen molar-refractivity contribution in [3.05, 3.63) is 34.3 Å². The Labute approximate surface area is 111 Å². The van der Waals surface area contributed by atoms with Crippen molar-refractivity contribution in [2.24, 2.45) is 5.92 Å². The SMILES string of the molecule is Cc1ccc(C(=O)NC(C(=O)O)C(C)C)c(Cl)c1. The van der Waals surface area contributed by atoms with Gasteiger partial charge in [0.05, 0.1) is 10.6 Å². The maximum Gasteiger partial charge on any atom is 0.326 e. The second-order valence-electron chi connectivity index (χ2n) is 4.52. The molecule has 1 aromatic rings. The highest BCUT2D eigenvalue weighted by molar-refractivity contribution is 6.33. The van der Waals surface area contributed by atoms with Crippen LogP contribution in [0.4, 0.5) is 0 Å². The molecule has 0 aliphatic heterocycles. The molecule has 0 fully saturated rings. The van der Waals surface area contributed by atoms with Gasteiger partial charge in [-0.25, -0.2) is 4.79 Å². The standard InChI is InChI=1S/C13H16ClNO3/c1-7(2)11(13(17)18)15-12(16)9-5-4-8(3)6-10(9)14/h4-7,11H,1-3H3,(H,15,16)(H,17,18). The summed E-state index contributed by atoms with van der Waals surface area (Å²) in [6, 6.07) is 4.09. The zero-order valence-electron chi connectivity index (χ0n) is 10.5. The molecule has 18 heavy (non-hydrogen) atoms. The fraction of sp³-hybridized carbons (Fsp3) is 0.385. The third kappa shape index (κ3) is 3.47. The Balaban J connectivity index is 2.91. The van der Waals surface area contributed by atoms with Gasteiger partial charge in [0.2, 0.25) is 0 Å². The Hall–Kier alpha value is -1.55. The van der Waals surface area contributed by atoms with Gasteiger partial charge < -0.3 is 10.4 Å². The average Bonchev–Trinajstić information content (AvgIpc) is 2.24. The van der Waals surface area contributed by atoms with E-state index in [9.17, 15) is 9.59 Å². The monoisotopic (exact) mass is 269 g/mol. The number of aryl methyl sites for hydroxylation is 1. The summed E-state index contributed by atoms with van der Waals surface area (Å²) >= 11 is 5.96. The number of benzene rings is 1. The van der Waals surface area contributed by atoms with E-state index in [1.165, 1.54) is 0 Å². The molecule has 98 valence electrons. The number of halogens is 1. The second kappa shape index (κ2) is 5.87. The third-order valence-corrected chi connectivity index (χ3v) is 2.90. The first kappa shape index (κ1) is 14.5. The molecule has 1 rings (SSSR count). The topological polar surface area (TPSA) is 66.4 Å². The van der Waals surface area contributed by atoms with Crippen LogP contribution in [0.2, 0.25) is 5.02 Å². The van der Waals surface area contributed by atoms with E-state index in [4.69, 9.17) is 16.7 Å². The smallest absolute Gasteiger partial charge is 0.326 e. The molecule has 1 amide bonds. The summed E-state index contributed by atoms with van der Waals surface area (Å²) in [6.45, 7) is 5.33. The van der Waals surface area contributed by atoms with E-state index in [1.807, 2.05) is 6.92 Å². The van der Waals surface area contributed by atoms with E-state index in [2.05, 4.69) is 5.32 Å². The zero-order chi connectivity index (χ0) is 13.9. The normalized spacial score (nSPS) is 12.3. The molecule has 0 aliphatic carbocycles. The average molecular weight is 270 g/mol. The van der Waals surface area contributed by atoms with Gasteiger partial charge in [0.15, 0.2) is 0 Å². The van der Waals surface area contributed by atoms with Crippen LogP contribution in [-0.4, -0.2) is 23.0 Å². The summed E-state index contributed by atoms with van der Waals surface area (Å²) < 4.78 is 0. The second-order valence-corrected chi connectivity index (χ2v) is 4.92. The van der Waals surface area contributed by atoms with Gasteiger partial charge in [-0.2, -0.15) is 0 Å². The van der Waals surface area contributed by atoms with Crippen molar-refractivity contribution >= 4 is 23.5 Å². The van der Waals surface area contributed by atoms with E-state index in [-0.39, 0.29) is 11.5 Å². The number of aliphatic carboxylic acids is 1. The van der Waals surface area contributed by atoms with Crippen molar-refractivity contribution in [3.63, 3.8) is 0 Å². The Bertz CT molecular complexity index is 471. The van der Waals surface area contributed by atoms with Gasteiger partial charge >= 0.3 is 5.97 Å². The molecule has 0 heterocycles. The fourth-order valence-electron chi connectivity index (χ4n) is 1.54. The molecule has 0 saturated carbocycles. The van der Waals surface area contributed by atoms with Crippen LogP contribution in [0, 0.1) is 12.8 Å². The maximum absolute atomic E-state index is 11.9. The number of nitrogens with one attached hydrogen (secondary N) is 1. The minimum absolute atomic E-state index is 0.198. The van der Waals surface area contributed by atoms with Gasteiger partial charge in [-0.05, 0) is 30.5 Å². The van der Waals surface area contributed by atoms with Crippen molar-refractivity contribution in [1.82, 2.24) is 5.32 Å². The maximum atomic E-state index is 11.9. The number of hydrogen-bond acceptors (Lipinski definition) is 2. The lowest BCUT2D eigenvalue weighted by Crippen LogP contribution is -2.44. The van der Waals surface area contributed by atoms with Crippen LogP contribution < -0.4 is 5.32 Å². The highest BCUT2D eigenvalue weighted by atomic mass is 35.5. The minimum Gasteiger partial charge on any atom is -0.480 e. The Morgan fingerprint density at radius 3 is 2.39 bits per heavy atom. The van der Waals surface area contributed by atoms with E-state index in [0.29, 0.717) is 5.02 Å². The Kier molecular flexibility index (Phi) is 4.73. The van der Waals surface area contributed by atoms with Gasteiger partial charge in [-0.1, -0.05) is 31.5 Å². The number of rotatable bonds is 4. The van der Waals surface area contributed by atoms with Crippen molar-refractivity contribution in [1.29, 1.82) is 0 Å². The van der Waals surface area contributed by atoms with Crippen molar-refractivity contribution in [2.75, 3.05) is 0 Å². The summed E-state index contributed by atoms with van der Waals surface area (Å²) in [5.74, 6) is -1.72. The number of carboxylic acid groups (broad SMARTS) is 1. The van der Waals surface area contributed by atoms with E-state index in [1.54, 1.807) is 32.0 Å². The summed E-state index contributed by atoms with van der Waals surface area (Å²) in [4.78, 5) is 22.9. The third-order valence-electron chi connectivity index (χ3n) is 2.59. The van der Waals surface area contributed by atoms with Gasteiger partial charge in [0.1, 0.15) is 6.04 Å². The van der Waals surface area contributed by atoms with E-state index >= 15 is 0 Å². The van der Waals surface area contributed by atoms with Crippen molar-refractivity contribution in [3.8, 4) is 0 Å². The first-order valence-corrected chi connectivity index (χ1v) is 6.00. The van der Waals surface area contributed by atoms with Crippen LogP contribution in [0.5, 0.6) is 0 Å². The predicted molar refractivity (Wildman–Crippen MR) is 69.9 cm³/mol. The van der Waals surface area contributed by atoms with E-state index in [0.717, 1.165) is 5.56 Å². The molecule has 2 N–H and O–H groups in total. The highest BCUT2D eigenvalue weighted by Crippen LogP contribution is 2.18. The quantitative estimate of drug-likeness (QED) is 0.882. The first-order valence-electron chi connectivity index (χ1n) is 5.62. The number of carbonyl (C=O) groups is 2. The molecule has 0 saturated heterocycles. The molecule has 0 aromatic heterocycles. The molecule has 1 aromatic carbocycles. The Morgan fingerprint density at radius 1 is 1.33 bits per heavy atom. The molecule has 0 radical (unpaired) electrons. The summed E-state index contributed by atoms with van der Waals surface area (Å²) in [7, 11) is 0. The minimum atomic E-state index is -1.05. The first-order chi connectivity index (χ1) is 8.32. The summed E-state index contributed by atoms with van der Waals surface area (Å²) in [6.07, 6.45) is 0. The lowest BCUT2D eigenvalue weighted by atomic mass is 10.0. The van der Waals surface area contributed by atoms with Crippen molar-refractivity contribution < 1.29 is 14.7 Å². The number of carboxylic acids is 1. The Morgan fingerprint density at radius 2 is 1.94 bits per heavy atom. The molecule has 0 spiro atoms. The zero-order valence-corrected chi connectivity index (χ0v) is 11.3. The van der Waals surface area contributed by atoms with Crippen LogP contribution in [0.25, 0.3) is 0 Å². The highest BCUT2D eigenvalue weighted by Gasteiger charge is 2.24. The fourth-order valence-corrected chi connectivity index (χ4v) is 1.86. The van der Waals surface area contributed by atoms with Crippen LogP contribution >= 0.6 is 11.6 Å². The van der Waals surface area contributed by atoms with E-state index < -0.39 is 17.9 Å². The molecule has 0 bridgehead atoms. The van der Waals surface area contributed by atoms with Gasteiger partial charge in [-0.3, -0.25) is 4.79 Å². The molecular formula is C13H16ClNO3. The van der Waals surface area contributed by atoms with Gasteiger partial charge in [-0.15, -0.1) is 0 Å². The number of carbonyl (C=O) groups excluding carboxylic acids is 1.